The molecule has 86 valence electrons. The second-order valence-corrected chi connectivity index (χ2v) is 5.36. The van der Waals surface area contributed by atoms with E-state index in [0.717, 1.165) is 17.0 Å². The summed E-state index contributed by atoms with van der Waals surface area (Å²) in [6.45, 7) is 10.8. The van der Waals surface area contributed by atoms with Gasteiger partial charge in [0.15, 0.2) is 5.65 Å². The van der Waals surface area contributed by atoms with E-state index in [9.17, 15) is 0 Å². The lowest BCUT2D eigenvalue weighted by molar-refractivity contribution is 0.388. The first-order valence-corrected chi connectivity index (χ1v) is 5.60. The highest BCUT2D eigenvalue weighted by Crippen LogP contribution is 2.27. The lowest BCUT2D eigenvalue weighted by Crippen LogP contribution is -2.24. The van der Waals surface area contributed by atoms with Crippen molar-refractivity contribution in [1.82, 2.24) is 19.5 Å². The topological polar surface area (TPSA) is 43.6 Å². The molecular formula is C12H18N4. The molecular weight excluding hydrogens is 200 g/mol. The van der Waals surface area contributed by atoms with E-state index in [4.69, 9.17) is 0 Å². The molecule has 0 aliphatic rings. The number of fused-ring (bicyclic) bond motifs is 1. The Morgan fingerprint density at radius 1 is 1.25 bits per heavy atom. The van der Waals surface area contributed by atoms with Gasteiger partial charge in [0.2, 0.25) is 0 Å². The molecule has 4 heteroatoms. The third-order valence-electron chi connectivity index (χ3n) is 2.55. The van der Waals surface area contributed by atoms with Crippen molar-refractivity contribution in [2.45, 2.75) is 46.1 Å². The zero-order valence-corrected chi connectivity index (χ0v) is 10.5. The molecule has 0 saturated heterocycles. The second-order valence-electron chi connectivity index (χ2n) is 5.36. The smallest absolute Gasteiger partial charge is 0.181 e. The molecule has 2 aromatic rings. The Morgan fingerprint density at radius 2 is 1.94 bits per heavy atom. The summed E-state index contributed by atoms with van der Waals surface area (Å²) in [6.07, 6.45) is 3.39. The van der Waals surface area contributed by atoms with Crippen molar-refractivity contribution >= 4 is 11.2 Å². The Balaban J connectivity index is 2.80. The standard InChI is InChI=1S/C12H18N4/c1-8(2)11-15-10-9(6-13-7-14-10)16(11)12(3,4)5/h6-8H,1-5H3. The summed E-state index contributed by atoms with van der Waals surface area (Å²) in [6, 6.07) is 0. The van der Waals surface area contributed by atoms with Gasteiger partial charge in [-0.05, 0) is 20.8 Å². The maximum Gasteiger partial charge on any atom is 0.181 e. The molecule has 2 heterocycles. The molecule has 2 rings (SSSR count). The molecule has 0 aromatic carbocycles. The van der Waals surface area contributed by atoms with Crippen molar-refractivity contribution in [2.24, 2.45) is 0 Å². The summed E-state index contributed by atoms with van der Waals surface area (Å²) < 4.78 is 2.23. The van der Waals surface area contributed by atoms with Gasteiger partial charge in [0.1, 0.15) is 17.7 Å². The maximum absolute atomic E-state index is 4.59. The van der Waals surface area contributed by atoms with E-state index in [1.165, 1.54) is 0 Å². The highest BCUT2D eigenvalue weighted by molar-refractivity contribution is 5.70. The van der Waals surface area contributed by atoms with Gasteiger partial charge in [0.25, 0.3) is 0 Å². The van der Waals surface area contributed by atoms with Crippen LogP contribution < -0.4 is 0 Å². The van der Waals surface area contributed by atoms with Crippen molar-refractivity contribution in [2.75, 3.05) is 0 Å². The van der Waals surface area contributed by atoms with Crippen molar-refractivity contribution < 1.29 is 0 Å². The first-order valence-electron chi connectivity index (χ1n) is 5.60. The number of hydrogen-bond donors (Lipinski definition) is 0. The molecule has 0 unspecified atom stereocenters. The van der Waals surface area contributed by atoms with Gasteiger partial charge < -0.3 is 4.57 Å². The number of hydrogen-bond acceptors (Lipinski definition) is 3. The zero-order chi connectivity index (χ0) is 11.9. The molecule has 0 bridgehead atoms. The van der Waals surface area contributed by atoms with Gasteiger partial charge in [0.05, 0.1) is 6.20 Å². The maximum atomic E-state index is 4.59. The van der Waals surface area contributed by atoms with Crippen molar-refractivity contribution in [3.05, 3.63) is 18.3 Å². The largest absolute Gasteiger partial charge is 0.320 e. The Bertz CT molecular complexity index is 505. The molecule has 2 aromatic heterocycles. The zero-order valence-electron chi connectivity index (χ0n) is 10.5. The average Bonchev–Trinajstić information content (AvgIpc) is 2.55. The van der Waals surface area contributed by atoms with Crippen LogP contribution in [0.2, 0.25) is 0 Å². The first kappa shape index (κ1) is 11.0. The van der Waals surface area contributed by atoms with E-state index in [2.05, 4.69) is 54.1 Å². The Morgan fingerprint density at radius 3 is 2.50 bits per heavy atom. The third-order valence-corrected chi connectivity index (χ3v) is 2.55. The van der Waals surface area contributed by atoms with Crippen LogP contribution in [-0.4, -0.2) is 19.5 Å². The summed E-state index contributed by atoms with van der Waals surface area (Å²) in [5, 5.41) is 0. The van der Waals surface area contributed by atoms with Gasteiger partial charge >= 0.3 is 0 Å². The molecule has 0 saturated carbocycles. The number of rotatable bonds is 1. The Hall–Kier alpha value is -1.45. The summed E-state index contributed by atoms with van der Waals surface area (Å²) in [5.41, 5.74) is 1.80. The molecule has 0 aliphatic heterocycles. The monoisotopic (exact) mass is 218 g/mol. The molecule has 0 N–H and O–H groups in total. The number of nitrogens with zero attached hydrogens (tertiary/aromatic N) is 4. The fourth-order valence-electron chi connectivity index (χ4n) is 1.93. The summed E-state index contributed by atoms with van der Waals surface area (Å²) in [5.74, 6) is 1.46. The van der Waals surface area contributed by atoms with E-state index in [0.29, 0.717) is 5.92 Å². The van der Waals surface area contributed by atoms with Crippen LogP contribution in [0.25, 0.3) is 11.2 Å². The minimum atomic E-state index is -0.000926. The van der Waals surface area contributed by atoms with Crippen LogP contribution >= 0.6 is 0 Å². The molecule has 4 nitrogen and oxygen atoms in total. The summed E-state index contributed by atoms with van der Waals surface area (Å²) in [7, 11) is 0. The lowest BCUT2D eigenvalue weighted by Gasteiger charge is -2.25. The van der Waals surface area contributed by atoms with Gasteiger partial charge in [-0.1, -0.05) is 13.8 Å². The molecule has 16 heavy (non-hydrogen) atoms. The van der Waals surface area contributed by atoms with Crippen molar-refractivity contribution in [3.63, 3.8) is 0 Å². The van der Waals surface area contributed by atoms with Crippen LogP contribution in [0.15, 0.2) is 12.5 Å². The van der Waals surface area contributed by atoms with E-state index in [1.54, 1.807) is 6.33 Å². The van der Waals surface area contributed by atoms with Crippen LogP contribution in [-0.2, 0) is 5.54 Å². The predicted octanol–water partition coefficient (Wildman–Crippen LogP) is 2.70. The number of aromatic nitrogens is 4. The van der Waals surface area contributed by atoms with E-state index < -0.39 is 0 Å². The summed E-state index contributed by atoms with van der Waals surface area (Å²) in [4.78, 5) is 12.9. The van der Waals surface area contributed by atoms with Gasteiger partial charge in [-0.25, -0.2) is 15.0 Å². The quantitative estimate of drug-likeness (QED) is 0.739. The third kappa shape index (κ3) is 1.68. The molecule has 0 spiro atoms. The van der Waals surface area contributed by atoms with Gasteiger partial charge in [-0.15, -0.1) is 0 Å². The number of imidazole rings is 1. The van der Waals surface area contributed by atoms with Crippen LogP contribution in [0.5, 0.6) is 0 Å². The molecule has 0 radical (unpaired) electrons. The average molecular weight is 218 g/mol. The van der Waals surface area contributed by atoms with Crippen molar-refractivity contribution in [3.8, 4) is 0 Å². The normalized spacial score (nSPS) is 12.6. The van der Waals surface area contributed by atoms with Gasteiger partial charge in [0, 0.05) is 11.5 Å². The van der Waals surface area contributed by atoms with Crippen molar-refractivity contribution in [1.29, 1.82) is 0 Å². The lowest BCUT2D eigenvalue weighted by atomic mass is 10.1. The highest BCUT2D eigenvalue weighted by atomic mass is 15.2. The molecule has 0 fully saturated rings. The Labute approximate surface area is 95.7 Å². The van der Waals surface area contributed by atoms with E-state index in [-0.39, 0.29) is 5.54 Å². The SMILES string of the molecule is CC(C)c1nc2ncncc2n1C(C)(C)C. The van der Waals surface area contributed by atoms with E-state index in [1.807, 2.05) is 6.20 Å². The fraction of sp³-hybridized carbons (Fsp3) is 0.583. The highest BCUT2D eigenvalue weighted by Gasteiger charge is 2.23. The second kappa shape index (κ2) is 3.54. The molecule has 0 atom stereocenters. The van der Waals surface area contributed by atoms with Crippen LogP contribution in [0.3, 0.4) is 0 Å². The van der Waals surface area contributed by atoms with Gasteiger partial charge in [-0.2, -0.15) is 0 Å². The van der Waals surface area contributed by atoms with Crippen LogP contribution in [0.4, 0.5) is 0 Å². The summed E-state index contributed by atoms with van der Waals surface area (Å²) >= 11 is 0. The van der Waals surface area contributed by atoms with Gasteiger partial charge in [-0.3, -0.25) is 0 Å². The first-order chi connectivity index (χ1) is 7.41. The van der Waals surface area contributed by atoms with Crippen LogP contribution in [0, 0.1) is 0 Å². The van der Waals surface area contributed by atoms with Crippen LogP contribution in [0.1, 0.15) is 46.4 Å². The Kier molecular flexibility index (Phi) is 2.45. The fourth-order valence-corrected chi connectivity index (χ4v) is 1.93. The molecule has 0 aliphatic carbocycles. The predicted molar refractivity (Wildman–Crippen MR) is 64.4 cm³/mol. The minimum Gasteiger partial charge on any atom is -0.320 e. The molecule has 0 amide bonds. The minimum absolute atomic E-state index is 0.000926. The van der Waals surface area contributed by atoms with E-state index >= 15 is 0 Å².